The van der Waals surface area contributed by atoms with Crippen LogP contribution in [0.5, 0.6) is 0 Å². The monoisotopic (exact) mass is 267 g/mol. The molecule has 0 radical (unpaired) electrons. The van der Waals surface area contributed by atoms with Crippen molar-refractivity contribution in [2.45, 2.75) is 25.9 Å². The van der Waals surface area contributed by atoms with Crippen LogP contribution < -0.4 is 0 Å². The lowest BCUT2D eigenvalue weighted by atomic mass is 10.2. The van der Waals surface area contributed by atoms with Crippen molar-refractivity contribution in [3.05, 3.63) is 23.7 Å². The van der Waals surface area contributed by atoms with Crippen LogP contribution in [0, 0.1) is 0 Å². The SMILES string of the molecule is CCC1CN(C(=O)c2ccc(C(=O)O)o2)CCCO1. The minimum absolute atomic E-state index is 0.0281. The average molecular weight is 267 g/mol. The Balaban J connectivity index is 2.10. The number of rotatable bonds is 3. The zero-order valence-corrected chi connectivity index (χ0v) is 10.8. The summed E-state index contributed by atoms with van der Waals surface area (Å²) in [5, 5.41) is 8.78. The van der Waals surface area contributed by atoms with Gasteiger partial charge in [-0.05, 0) is 25.0 Å². The molecular formula is C13H17NO5. The number of ether oxygens (including phenoxy) is 1. The number of aromatic carboxylic acids is 1. The summed E-state index contributed by atoms with van der Waals surface area (Å²) in [7, 11) is 0. The van der Waals surface area contributed by atoms with E-state index in [1.807, 2.05) is 6.92 Å². The molecule has 0 aromatic carbocycles. The third-order valence-corrected chi connectivity index (χ3v) is 3.12. The fourth-order valence-electron chi connectivity index (χ4n) is 2.05. The van der Waals surface area contributed by atoms with Gasteiger partial charge >= 0.3 is 5.97 Å². The summed E-state index contributed by atoms with van der Waals surface area (Å²) >= 11 is 0. The summed E-state index contributed by atoms with van der Waals surface area (Å²) in [6.45, 7) is 3.76. The molecule has 1 aliphatic heterocycles. The van der Waals surface area contributed by atoms with E-state index < -0.39 is 5.97 Å². The van der Waals surface area contributed by atoms with Crippen LogP contribution in [0.1, 0.15) is 40.9 Å². The zero-order valence-electron chi connectivity index (χ0n) is 10.8. The molecule has 1 N–H and O–H groups in total. The van der Waals surface area contributed by atoms with Crippen LogP contribution in [0.25, 0.3) is 0 Å². The van der Waals surface area contributed by atoms with Crippen LogP contribution in [-0.4, -0.2) is 47.7 Å². The van der Waals surface area contributed by atoms with E-state index in [9.17, 15) is 9.59 Å². The van der Waals surface area contributed by atoms with Crippen molar-refractivity contribution in [1.82, 2.24) is 4.90 Å². The number of hydrogen-bond donors (Lipinski definition) is 1. The maximum absolute atomic E-state index is 12.2. The third-order valence-electron chi connectivity index (χ3n) is 3.12. The first-order valence-corrected chi connectivity index (χ1v) is 6.35. The van der Waals surface area contributed by atoms with Crippen LogP contribution in [0.3, 0.4) is 0 Å². The predicted molar refractivity (Wildman–Crippen MR) is 66.2 cm³/mol. The highest BCUT2D eigenvalue weighted by atomic mass is 16.5. The maximum atomic E-state index is 12.2. The Morgan fingerprint density at radius 2 is 2.16 bits per heavy atom. The van der Waals surface area contributed by atoms with E-state index in [0.717, 1.165) is 12.8 Å². The summed E-state index contributed by atoms with van der Waals surface area (Å²) in [5.74, 6) is -1.61. The Morgan fingerprint density at radius 3 is 2.79 bits per heavy atom. The van der Waals surface area contributed by atoms with Crippen molar-refractivity contribution in [2.24, 2.45) is 0 Å². The van der Waals surface area contributed by atoms with E-state index in [0.29, 0.717) is 19.7 Å². The van der Waals surface area contributed by atoms with Gasteiger partial charge in [0.1, 0.15) is 0 Å². The van der Waals surface area contributed by atoms with Gasteiger partial charge < -0.3 is 19.2 Å². The highest BCUT2D eigenvalue weighted by molar-refractivity contribution is 5.93. The molecule has 1 unspecified atom stereocenters. The van der Waals surface area contributed by atoms with Gasteiger partial charge in [0.25, 0.3) is 5.91 Å². The van der Waals surface area contributed by atoms with Crippen molar-refractivity contribution in [2.75, 3.05) is 19.7 Å². The lowest BCUT2D eigenvalue weighted by Crippen LogP contribution is -2.36. The molecular weight excluding hydrogens is 250 g/mol. The van der Waals surface area contributed by atoms with Gasteiger partial charge in [-0.1, -0.05) is 6.92 Å². The number of nitrogens with zero attached hydrogens (tertiary/aromatic N) is 1. The van der Waals surface area contributed by atoms with Crippen molar-refractivity contribution < 1.29 is 23.8 Å². The van der Waals surface area contributed by atoms with Gasteiger partial charge in [-0.15, -0.1) is 0 Å². The van der Waals surface area contributed by atoms with E-state index in [2.05, 4.69) is 0 Å². The topological polar surface area (TPSA) is 80.0 Å². The molecule has 0 bridgehead atoms. The fraction of sp³-hybridized carbons (Fsp3) is 0.538. The molecule has 0 spiro atoms. The number of hydrogen-bond acceptors (Lipinski definition) is 4. The van der Waals surface area contributed by atoms with Gasteiger partial charge in [0.15, 0.2) is 5.76 Å². The Hall–Kier alpha value is -1.82. The molecule has 104 valence electrons. The minimum Gasteiger partial charge on any atom is -0.475 e. The molecule has 1 amide bonds. The molecule has 1 aromatic heterocycles. The van der Waals surface area contributed by atoms with Crippen LogP contribution in [-0.2, 0) is 4.74 Å². The van der Waals surface area contributed by atoms with Gasteiger partial charge in [0, 0.05) is 19.7 Å². The number of carboxylic acid groups (broad SMARTS) is 1. The number of carboxylic acids is 1. The molecule has 0 aliphatic carbocycles. The highest BCUT2D eigenvalue weighted by Gasteiger charge is 2.25. The molecule has 1 atom stereocenters. The first-order valence-electron chi connectivity index (χ1n) is 6.35. The summed E-state index contributed by atoms with van der Waals surface area (Å²) < 4.78 is 10.6. The van der Waals surface area contributed by atoms with E-state index in [4.69, 9.17) is 14.3 Å². The normalized spacial score (nSPS) is 20.1. The molecule has 1 aromatic rings. The Labute approximate surface area is 110 Å². The zero-order chi connectivity index (χ0) is 13.8. The van der Waals surface area contributed by atoms with Crippen LogP contribution >= 0.6 is 0 Å². The average Bonchev–Trinajstić information content (AvgIpc) is 2.77. The molecule has 19 heavy (non-hydrogen) atoms. The fourth-order valence-corrected chi connectivity index (χ4v) is 2.05. The molecule has 6 heteroatoms. The molecule has 2 rings (SSSR count). The minimum atomic E-state index is -1.18. The van der Waals surface area contributed by atoms with Crippen LogP contribution in [0.2, 0.25) is 0 Å². The standard InChI is InChI=1S/C13H17NO5/c1-2-9-8-14(6-3-7-18-9)12(15)10-4-5-11(19-10)13(16)17/h4-5,9H,2-3,6-8H2,1H3,(H,16,17). The van der Waals surface area contributed by atoms with Crippen molar-refractivity contribution in [3.63, 3.8) is 0 Å². The second kappa shape index (κ2) is 5.88. The second-order valence-corrected chi connectivity index (χ2v) is 4.47. The summed E-state index contributed by atoms with van der Waals surface area (Å²) in [5.41, 5.74) is 0. The first-order chi connectivity index (χ1) is 9.11. The van der Waals surface area contributed by atoms with Crippen LogP contribution in [0.15, 0.2) is 16.5 Å². The molecule has 1 saturated heterocycles. The second-order valence-electron chi connectivity index (χ2n) is 4.47. The van der Waals surface area contributed by atoms with Gasteiger partial charge in [-0.3, -0.25) is 4.79 Å². The lowest BCUT2D eigenvalue weighted by molar-refractivity contribution is 0.0445. The number of carbonyl (C=O) groups is 2. The summed E-state index contributed by atoms with van der Waals surface area (Å²) in [6, 6.07) is 2.69. The number of furan rings is 1. The van der Waals surface area contributed by atoms with E-state index >= 15 is 0 Å². The molecule has 2 heterocycles. The number of amides is 1. The van der Waals surface area contributed by atoms with E-state index in [1.165, 1.54) is 12.1 Å². The Morgan fingerprint density at radius 1 is 1.42 bits per heavy atom. The molecule has 0 saturated carbocycles. The van der Waals surface area contributed by atoms with Gasteiger partial charge in [-0.2, -0.15) is 0 Å². The van der Waals surface area contributed by atoms with Crippen molar-refractivity contribution in [1.29, 1.82) is 0 Å². The predicted octanol–water partition coefficient (Wildman–Crippen LogP) is 1.62. The van der Waals surface area contributed by atoms with Crippen LogP contribution in [0.4, 0.5) is 0 Å². The summed E-state index contributed by atoms with van der Waals surface area (Å²) in [4.78, 5) is 24.6. The van der Waals surface area contributed by atoms with Gasteiger partial charge in [-0.25, -0.2) is 4.79 Å². The molecule has 1 fully saturated rings. The van der Waals surface area contributed by atoms with E-state index in [1.54, 1.807) is 4.90 Å². The highest BCUT2D eigenvalue weighted by Crippen LogP contribution is 2.15. The largest absolute Gasteiger partial charge is 0.475 e. The van der Waals surface area contributed by atoms with Crippen molar-refractivity contribution >= 4 is 11.9 Å². The third kappa shape index (κ3) is 3.14. The smallest absolute Gasteiger partial charge is 0.371 e. The first kappa shape index (κ1) is 13.6. The summed E-state index contributed by atoms with van der Waals surface area (Å²) in [6.07, 6.45) is 1.64. The van der Waals surface area contributed by atoms with Crippen molar-refractivity contribution in [3.8, 4) is 0 Å². The quantitative estimate of drug-likeness (QED) is 0.900. The van der Waals surface area contributed by atoms with Gasteiger partial charge in [0.05, 0.1) is 6.10 Å². The Bertz CT molecular complexity index is 467. The molecule has 1 aliphatic rings. The maximum Gasteiger partial charge on any atom is 0.371 e. The Kier molecular flexibility index (Phi) is 4.21. The van der Waals surface area contributed by atoms with Gasteiger partial charge in [0.2, 0.25) is 5.76 Å². The number of carbonyl (C=O) groups excluding carboxylic acids is 1. The lowest BCUT2D eigenvalue weighted by Gasteiger charge is -2.22. The molecule has 6 nitrogen and oxygen atoms in total. The van der Waals surface area contributed by atoms with E-state index in [-0.39, 0.29) is 23.5 Å².